The third-order valence-corrected chi connectivity index (χ3v) is 4.83. The van der Waals surface area contributed by atoms with Crippen LogP contribution in [0.25, 0.3) is 11.0 Å². The average molecular weight is 362 g/mol. The Hall–Kier alpha value is -2.75. The van der Waals surface area contributed by atoms with Crippen LogP contribution < -0.4 is 10.6 Å². The van der Waals surface area contributed by atoms with Gasteiger partial charge in [-0.05, 0) is 25.0 Å². The number of hydrogen-bond donors (Lipinski definition) is 3. The Labute approximate surface area is 142 Å². The number of para-hydroxylation sites is 1. The lowest BCUT2D eigenvalue weighted by molar-refractivity contribution is 0.598. The Bertz CT molecular complexity index is 1060. The van der Waals surface area contributed by atoms with Crippen molar-refractivity contribution in [3.63, 3.8) is 0 Å². The van der Waals surface area contributed by atoms with Crippen LogP contribution in [0.5, 0.6) is 0 Å². The second-order valence-electron chi connectivity index (χ2n) is 5.94. The van der Waals surface area contributed by atoms with Crippen LogP contribution >= 0.6 is 0 Å². The first kappa shape index (κ1) is 15.8. The molecular formula is C15H15FN6O2S. The van der Waals surface area contributed by atoms with E-state index >= 15 is 0 Å². The summed E-state index contributed by atoms with van der Waals surface area (Å²) in [6, 6.07) is 6.38. The van der Waals surface area contributed by atoms with E-state index in [9.17, 15) is 12.8 Å². The van der Waals surface area contributed by atoms with Crippen molar-refractivity contribution in [1.29, 1.82) is 0 Å². The van der Waals surface area contributed by atoms with Crippen molar-refractivity contribution >= 4 is 38.3 Å². The minimum absolute atomic E-state index is 0.0388. The maximum Gasteiger partial charge on any atom is 0.231 e. The summed E-state index contributed by atoms with van der Waals surface area (Å²) in [5, 5.41) is 12.7. The van der Waals surface area contributed by atoms with Gasteiger partial charge in [-0.25, -0.2) is 12.8 Å². The average Bonchev–Trinajstić information content (AvgIpc) is 3.24. The zero-order chi connectivity index (χ0) is 17.6. The van der Waals surface area contributed by atoms with E-state index in [2.05, 4.69) is 30.8 Å². The molecule has 0 atom stereocenters. The molecule has 1 fully saturated rings. The number of nitrogens with zero attached hydrogens (tertiary/aromatic N) is 3. The van der Waals surface area contributed by atoms with Crippen molar-refractivity contribution in [2.45, 2.75) is 23.9 Å². The second-order valence-corrected chi connectivity index (χ2v) is 7.90. The summed E-state index contributed by atoms with van der Waals surface area (Å²) in [5.74, 6) is 0.0505. The van der Waals surface area contributed by atoms with Gasteiger partial charge in [0.25, 0.3) is 0 Å². The first-order valence-electron chi connectivity index (χ1n) is 7.66. The number of halogens is 1. The molecule has 0 radical (unpaired) electrons. The number of nitrogens with one attached hydrogen (secondary N) is 3. The van der Waals surface area contributed by atoms with Gasteiger partial charge in [0.1, 0.15) is 17.0 Å². The van der Waals surface area contributed by atoms with Crippen molar-refractivity contribution in [2.75, 3.05) is 16.9 Å². The normalized spacial score (nSPS) is 14.6. The van der Waals surface area contributed by atoms with Gasteiger partial charge >= 0.3 is 0 Å². The lowest BCUT2D eigenvalue weighted by atomic mass is 10.3. The van der Waals surface area contributed by atoms with Gasteiger partial charge in [-0.3, -0.25) is 5.10 Å². The van der Waals surface area contributed by atoms with Crippen molar-refractivity contribution in [3.8, 4) is 0 Å². The molecule has 3 N–H and O–H groups in total. The van der Waals surface area contributed by atoms with Gasteiger partial charge in [0.05, 0.1) is 5.69 Å². The highest BCUT2D eigenvalue weighted by Crippen LogP contribution is 2.32. The Kier molecular flexibility index (Phi) is 3.57. The quantitative estimate of drug-likeness (QED) is 0.638. The van der Waals surface area contributed by atoms with E-state index in [-0.39, 0.29) is 28.4 Å². The second kappa shape index (κ2) is 5.66. The Morgan fingerprint density at radius 1 is 1.24 bits per heavy atom. The van der Waals surface area contributed by atoms with Gasteiger partial charge in [0.15, 0.2) is 20.5 Å². The monoisotopic (exact) mass is 362 g/mol. The molecule has 1 saturated carbocycles. The van der Waals surface area contributed by atoms with Gasteiger partial charge in [-0.15, -0.1) is 0 Å². The lowest BCUT2D eigenvalue weighted by Gasteiger charge is -2.10. The van der Waals surface area contributed by atoms with Gasteiger partial charge in [-0.1, -0.05) is 12.1 Å². The number of sulfone groups is 1. The fraction of sp³-hybridized carbons (Fsp3) is 0.267. The maximum atomic E-state index is 13.8. The molecule has 0 saturated heterocycles. The van der Waals surface area contributed by atoms with E-state index in [1.807, 2.05) is 0 Å². The number of hydrogen-bond acceptors (Lipinski definition) is 7. The molecule has 10 heteroatoms. The zero-order valence-electron chi connectivity index (χ0n) is 13.2. The maximum absolute atomic E-state index is 13.8. The van der Waals surface area contributed by atoms with Gasteiger partial charge in [-0.2, -0.15) is 15.1 Å². The molecule has 1 aliphatic carbocycles. The van der Waals surface area contributed by atoms with Crippen LogP contribution in [0.1, 0.15) is 12.8 Å². The summed E-state index contributed by atoms with van der Waals surface area (Å²) in [4.78, 5) is 8.54. The molecular weight excluding hydrogens is 347 g/mol. The number of anilines is 3. The van der Waals surface area contributed by atoms with Gasteiger partial charge in [0, 0.05) is 12.3 Å². The summed E-state index contributed by atoms with van der Waals surface area (Å²) in [5.41, 5.74) is 0.413. The molecule has 1 aromatic carbocycles. The number of fused-ring (bicyclic) bond motifs is 1. The highest BCUT2D eigenvalue weighted by molar-refractivity contribution is 7.90. The number of benzene rings is 1. The summed E-state index contributed by atoms with van der Waals surface area (Å²) < 4.78 is 37.8. The zero-order valence-corrected chi connectivity index (χ0v) is 14.1. The van der Waals surface area contributed by atoms with Crippen LogP contribution in [0.2, 0.25) is 0 Å². The Morgan fingerprint density at radius 2 is 2.00 bits per heavy atom. The first-order valence-corrected chi connectivity index (χ1v) is 9.55. The van der Waals surface area contributed by atoms with Gasteiger partial charge < -0.3 is 10.6 Å². The van der Waals surface area contributed by atoms with Crippen molar-refractivity contribution in [1.82, 2.24) is 20.2 Å². The molecule has 2 heterocycles. The third kappa shape index (κ3) is 3.12. The lowest BCUT2D eigenvalue weighted by Crippen LogP contribution is -2.08. The summed E-state index contributed by atoms with van der Waals surface area (Å²) in [6.07, 6.45) is 3.05. The van der Waals surface area contributed by atoms with Crippen LogP contribution in [0.4, 0.5) is 21.8 Å². The minimum Gasteiger partial charge on any atom is -0.367 e. The summed E-state index contributed by atoms with van der Waals surface area (Å²) in [6.45, 7) is 0. The predicted molar refractivity (Wildman–Crippen MR) is 91.1 cm³/mol. The highest BCUT2D eigenvalue weighted by atomic mass is 32.2. The number of aromatic nitrogens is 4. The minimum atomic E-state index is -3.52. The van der Waals surface area contributed by atoms with Crippen LogP contribution in [0.15, 0.2) is 29.3 Å². The van der Waals surface area contributed by atoms with Crippen LogP contribution in [-0.4, -0.2) is 40.9 Å². The molecule has 0 spiro atoms. The molecule has 0 unspecified atom stereocenters. The molecule has 3 aromatic rings. The molecule has 2 aromatic heterocycles. The van der Waals surface area contributed by atoms with Crippen molar-refractivity contribution < 1.29 is 12.8 Å². The Balaban J connectivity index is 1.83. The van der Waals surface area contributed by atoms with E-state index in [4.69, 9.17) is 0 Å². The van der Waals surface area contributed by atoms with Crippen LogP contribution in [0.3, 0.4) is 0 Å². The number of rotatable bonds is 5. The molecule has 0 aliphatic heterocycles. The van der Waals surface area contributed by atoms with E-state index < -0.39 is 15.7 Å². The van der Waals surface area contributed by atoms with E-state index in [1.165, 1.54) is 6.07 Å². The largest absolute Gasteiger partial charge is 0.367 e. The summed E-state index contributed by atoms with van der Waals surface area (Å²) in [7, 11) is -3.52. The number of aromatic amines is 1. The standard InChI is InChI=1S/C15H15FN6O2S/c1-25(23,24)14-11-12(17-8-6-7-8)19-15(20-13(11)21-22-14)18-10-5-3-2-4-9(10)16/h2-5,8H,6-7H2,1H3,(H3,17,18,19,20,21,22). The van der Waals surface area contributed by atoms with Crippen LogP contribution in [0, 0.1) is 5.82 Å². The first-order chi connectivity index (χ1) is 11.9. The summed E-state index contributed by atoms with van der Waals surface area (Å²) >= 11 is 0. The van der Waals surface area contributed by atoms with Gasteiger partial charge in [0.2, 0.25) is 5.95 Å². The Morgan fingerprint density at radius 3 is 2.68 bits per heavy atom. The smallest absolute Gasteiger partial charge is 0.231 e. The van der Waals surface area contributed by atoms with E-state index in [1.54, 1.807) is 18.2 Å². The van der Waals surface area contributed by atoms with E-state index in [0.29, 0.717) is 11.2 Å². The molecule has 130 valence electrons. The topological polar surface area (TPSA) is 113 Å². The molecule has 4 rings (SSSR count). The molecule has 8 nitrogen and oxygen atoms in total. The number of H-pyrrole nitrogens is 1. The van der Waals surface area contributed by atoms with Crippen molar-refractivity contribution in [2.24, 2.45) is 0 Å². The fourth-order valence-electron chi connectivity index (χ4n) is 2.43. The van der Waals surface area contributed by atoms with E-state index in [0.717, 1.165) is 19.1 Å². The van der Waals surface area contributed by atoms with Crippen molar-refractivity contribution in [3.05, 3.63) is 30.1 Å². The highest BCUT2D eigenvalue weighted by Gasteiger charge is 2.27. The molecule has 0 amide bonds. The van der Waals surface area contributed by atoms with Crippen LogP contribution in [-0.2, 0) is 9.84 Å². The molecule has 1 aliphatic rings. The SMILES string of the molecule is CS(=O)(=O)c1[nH]nc2nc(Nc3ccccc3F)nc(NC3CC3)c12. The molecule has 25 heavy (non-hydrogen) atoms. The third-order valence-electron chi connectivity index (χ3n) is 3.79. The molecule has 0 bridgehead atoms. The fourth-order valence-corrected chi connectivity index (χ4v) is 3.20. The predicted octanol–water partition coefficient (Wildman–Crippen LogP) is 2.21.